The average molecular weight is 479 g/mol. The van der Waals surface area contributed by atoms with Crippen LogP contribution in [0.4, 0.5) is 18.9 Å². The summed E-state index contributed by atoms with van der Waals surface area (Å²) in [5.74, 6) is -0.253. The number of hydrogen-bond acceptors (Lipinski definition) is 4. The first-order valence-electron chi connectivity index (χ1n) is 11.1. The van der Waals surface area contributed by atoms with Gasteiger partial charge >= 0.3 is 6.18 Å². The first kappa shape index (κ1) is 22.7. The normalized spacial score (nSPS) is 15.5. The summed E-state index contributed by atoms with van der Waals surface area (Å²) < 4.78 is 51.8. The molecule has 1 amide bonds. The molecule has 0 fully saturated rings. The summed E-state index contributed by atoms with van der Waals surface area (Å²) in [5, 5.41) is 0.290. The number of amides is 1. The molecule has 5 rings (SSSR count). The summed E-state index contributed by atoms with van der Waals surface area (Å²) in [7, 11) is 0. The highest BCUT2D eigenvalue weighted by Gasteiger charge is 2.44. The fraction of sp³-hybridized carbons (Fsp3) is 0.185. The highest BCUT2D eigenvalue weighted by atomic mass is 19.4. The van der Waals surface area contributed by atoms with E-state index in [9.17, 15) is 22.8 Å². The van der Waals surface area contributed by atoms with Gasteiger partial charge < -0.3 is 9.15 Å². The molecule has 0 saturated carbocycles. The lowest BCUT2D eigenvalue weighted by Crippen LogP contribution is -2.29. The maximum Gasteiger partial charge on any atom is 0.416 e. The lowest BCUT2D eigenvalue weighted by molar-refractivity contribution is -0.137. The quantitative estimate of drug-likeness (QED) is 0.335. The summed E-state index contributed by atoms with van der Waals surface area (Å²) in [6.45, 7) is 2.50. The summed E-state index contributed by atoms with van der Waals surface area (Å²) in [4.78, 5) is 28.2. The van der Waals surface area contributed by atoms with Gasteiger partial charge in [0, 0.05) is 5.69 Å². The molecule has 0 spiro atoms. The number of carbonyl (C=O) groups is 1. The standard InChI is InChI=1S/C27H20F3NO4/c1-2-14-34-19-12-10-16(11-13-19)23-22-24(32)20-8-3-4-9-21(20)35-25(22)26(33)31(23)18-7-5-6-17(15-18)27(28,29)30/h3-13,15,23H,2,14H2,1H3. The first-order valence-corrected chi connectivity index (χ1v) is 11.1. The van der Waals surface area contributed by atoms with Gasteiger partial charge in [-0.1, -0.05) is 37.3 Å². The van der Waals surface area contributed by atoms with Crippen LogP contribution in [0.3, 0.4) is 0 Å². The minimum Gasteiger partial charge on any atom is -0.494 e. The van der Waals surface area contributed by atoms with Crippen molar-refractivity contribution in [2.45, 2.75) is 25.6 Å². The number of ether oxygens (including phenoxy) is 1. The van der Waals surface area contributed by atoms with Gasteiger partial charge in [-0.05, 0) is 54.4 Å². The summed E-state index contributed by atoms with van der Waals surface area (Å²) in [6.07, 6.45) is -3.77. The molecule has 0 bridgehead atoms. The molecular formula is C27H20F3NO4. The van der Waals surface area contributed by atoms with Crippen LogP contribution in [0.5, 0.6) is 5.75 Å². The van der Waals surface area contributed by atoms with Crippen LogP contribution in [-0.4, -0.2) is 12.5 Å². The van der Waals surface area contributed by atoms with Gasteiger partial charge in [0.1, 0.15) is 11.3 Å². The molecule has 1 aliphatic rings. The molecule has 0 saturated heterocycles. The molecule has 1 atom stereocenters. The van der Waals surface area contributed by atoms with Crippen molar-refractivity contribution in [3.8, 4) is 5.75 Å². The maximum absolute atomic E-state index is 13.5. The maximum atomic E-state index is 13.5. The third kappa shape index (κ3) is 3.95. The molecule has 3 aromatic carbocycles. The monoisotopic (exact) mass is 479 g/mol. The predicted octanol–water partition coefficient (Wildman–Crippen LogP) is 6.35. The van der Waals surface area contributed by atoms with E-state index in [2.05, 4.69) is 0 Å². The topological polar surface area (TPSA) is 59.8 Å². The zero-order valence-corrected chi connectivity index (χ0v) is 18.6. The molecule has 2 heterocycles. The third-order valence-electron chi connectivity index (χ3n) is 5.90. The van der Waals surface area contributed by atoms with E-state index < -0.39 is 29.1 Å². The second kappa shape index (κ2) is 8.61. The van der Waals surface area contributed by atoms with Crippen LogP contribution in [-0.2, 0) is 6.18 Å². The average Bonchev–Trinajstić information content (AvgIpc) is 3.15. The SMILES string of the molecule is CCCOc1ccc(C2c3c(oc4ccccc4c3=O)C(=O)N2c2cccc(C(F)(F)F)c2)cc1. The van der Waals surface area contributed by atoms with Crippen molar-refractivity contribution in [1.29, 1.82) is 0 Å². The Hall–Kier alpha value is -4.07. The van der Waals surface area contributed by atoms with Crippen molar-refractivity contribution in [2.24, 2.45) is 0 Å². The fourth-order valence-electron chi connectivity index (χ4n) is 4.30. The number of alkyl halides is 3. The highest BCUT2D eigenvalue weighted by Crippen LogP contribution is 2.42. The van der Waals surface area contributed by atoms with Crippen LogP contribution in [0.25, 0.3) is 11.0 Å². The zero-order chi connectivity index (χ0) is 24.7. The van der Waals surface area contributed by atoms with E-state index in [1.165, 1.54) is 17.0 Å². The number of halogens is 3. The van der Waals surface area contributed by atoms with Gasteiger partial charge in [-0.3, -0.25) is 14.5 Å². The number of para-hydroxylation sites is 1. The summed E-state index contributed by atoms with van der Waals surface area (Å²) in [6, 6.07) is 16.9. The van der Waals surface area contributed by atoms with E-state index in [1.54, 1.807) is 48.5 Å². The highest BCUT2D eigenvalue weighted by molar-refractivity contribution is 6.10. The number of benzene rings is 3. The molecule has 5 nitrogen and oxygen atoms in total. The zero-order valence-electron chi connectivity index (χ0n) is 18.6. The molecule has 4 aromatic rings. The van der Waals surface area contributed by atoms with E-state index in [-0.39, 0.29) is 28.0 Å². The molecule has 1 unspecified atom stereocenters. The van der Waals surface area contributed by atoms with Gasteiger partial charge in [0.2, 0.25) is 5.76 Å². The molecule has 0 aliphatic carbocycles. The van der Waals surface area contributed by atoms with Crippen molar-refractivity contribution in [1.82, 2.24) is 0 Å². The van der Waals surface area contributed by atoms with Gasteiger partial charge in [0.05, 0.1) is 29.2 Å². The Morgan fingerprint density at radius 1 is 0.971 bits per heavy atom. The Kier molecular flexibility index (Phi) is 5.59. The molecule has 0 radical (unpaired) electrons. The van der Waals surface area contributed by atoms with E-state index in [0.29, 0.717) is 17.9 Å². The third-order valence-corrected chi connectivity index (χ3v) is 5.90. The van der Waals surface area contributed by atoms with Crippen molar-refractivity contribution < 1.29 is 27.1 Å². The minimum absolute atomic E-state index is 0.0102. The Morgan fingerprint density at radius 2 is 1.71 bits per heavy atom. The number of rotatable bonds is 5. The number of nitrogens with zero attached hydrogens (tertiary/aromatic N) is 1. The molecule has 1 aromatic heterocycles. The molecule has 35 heavy (non-hydrogen) atoms. The van der Waals surface area contributed by atoms with Gasteiger partial charge in [0.25, 0.3) is 5.91 Å². The molecule has 178 valence electrons. The molecule has 1 aliphatic heterocycles. The molecule has 0 N–H and O–H groups in total. The van der Waals surface area contributed by atoms with Crippen LogP contribution in [0.2, 0.25) is 0 Å². The Morgan fingerprint density at radius 3 is 2.43 bits per heavy atom. The Labute approximate surface area is 198 Å². The number of carbonyl (C=O) groups excluding carboxylic acids is 1. The minimum atomic E-state index is -4.60. The summed E-state index contributed by atoms with van der Waals surface area (Å²) >= 11 is 0. The van der Waals surface area contributed by atoms with Crippen molar-refractivity contribution in [3.63, 3.8) is 0 Å². The molecule has 8 heteroatoms. The lowest BCUT2D eigenvalue weighted by Gasteiger charge is -2.26. The second-order valence-corrected chi connectivity index (χ2v) is 8.21. The smallest absolute Gasteiger partial charge is 0.416 e. The van der Waals surface area contributed by atoms with Crippen LogP contribution in [0.15, 0.2) is 82.0 Å². The fourth-order valence-corrected chi connectivity index (χ4v) is 4.30. The first-order chi connectivity index (χ1) is 16.8. The Balaban J connectivity index is 1.71. The largest absolute Gasteiger partial charge is 0.494 e. The van der Waals surface area contributed by atoms with Gasteiger partial charge in [-0.25, -0.2) is 0 Å². The number of hydrogen-bond donors (Lipinski definition) is 0. The van der Waals surface area contributed by atoms with Crippen LogP contribution in [0.1, 0.15) is 46.6 Å². The van der Waals surface area contributed by atoms with Crippen molar-refractivity contribution in [2.75, 3.05) is 11.5 Å². The lowest BCUT2D eigenvalue weighted by atomic mass is 9.98. The van der Waals surface area contributed by atoms with E-state index >= 15 is 0 Å². The van der Waals surface area contributed by atoms with Gasteiger partial charge in [0.15, 0.2) is 5.43 Å². The van der Waals surface area contributed by atoms with E-state index in [0.717, 1.165) is 18.6 Å². The molecular weight excluding hydrogens is 459 g/mol. The van der Waals surface area contributed by atoms with Gasteiger partial charge in [-0.2, -0.15) is 13.2 Å². The Bertz CT molecular complexity index is 1470. The van der Waals surface area contributed by atoms with Crippen LogP contribution >= 0.6 is 0 Å². The van der Waals surface area contributed by atoms with E-state index in [4.69, 9.17) is 9.15 Å². The summed E-state index contributed by atoms with van der Waals surface area (Å²) in [5.41, 5.74) is -0.422. The number of fused-ring (bicyclic) bond motifs is 2. The van der Waals surface area contributed by atoms with Crippen molar-refractivity contribution in [3.05, 3.63) is 105 Å². The van der Waals surface area contributed by atoms with Crippen LogP contribution in [0, 0.1) is 0 Å². The predicted molar refractivity (Wildman–Crippen MR) is 125 cm³/mol. The second-order valence-electron chi connectivity index (χ2n) is 8.21. The van der Waals surface area contributed by atoms with Gasteiger partial charge in [-0.15, -0.1) is 0 Å². The van der Waals surface area contributed by atoms with E-state index in [1.807, 2.05) is 6.92 Å². The number of anilines is 1. The van der Waals surface area contributed by atoms with Crippen LogP contribution < -0.4 is 15.1 Å². The van der Waals surface area contributed by atoms with Crippen molar-refractivity contribution >= 4 is 22.6 Å².